The maximum absolute atomic E-state index is 13.0. The van der Waals surface area contributed by atoms with Gasteiger partial charge in [0.25, 0.3) is 0 Å². The highest BCUT2D eigenvalue weighted by Gasteiger charge is 2.24. The number of nitrogens with one attached hydrogen (secondary N) is 1. The molecule has 0 fully saturated rings. The third-order valence-corrected chi connectivity index (χ3v) is 4.40. The number of thiazole rings is 1. The number of halogens is 1. The summed E-state index contributed by atoms with van der Waals surface area (Å²) in [5.74, 6) is 0.480. The lowest BCUT2D eigenvalue weighted by Gasteiger charge is -2.27. The van der Waals surface area contributed by atoms with Crippen molar-refractivity contribution in [3.63, 3.8) is 0 Å². The number of hydrogen-bond donors (Lipinski definition) is 1. The van der Waals surface area contributed by atoms with Crippen LogP contribution in [0, 0.1) is 5.82 Å². The number of hydrogen-bond acceptors (Lipinski definition) is 4. The third kappa shape index (κ3) is 3.32. The van der Waals surface area contributed by atoms with Crippen molar-refractivity contribution in [2.45, 2.75) is 19.4 Å². The van der Waals surface area contributed by atoms with Gasteiger partial charge in [-0.3, -0.25) is 4.57 Å². The lowest BCUT2D eigenvalue weighted by molar-refractivity contribution is 0.455. The van der Waals surface area contributed by atoms with E-state index in [2.05, 4.69) is 21.9 Å². The molecule has 0 unspecified atom stereocenters. The number of nitrogens with zero attached hydrogens (tertiary/aromatic N) is 3. The van der Waals surface area contributed by atoms with Crippen LogP contribution in [-0.4, -0.2) is 14.5 Å². The first-order valence-corrected chi connectivity index (χ1v) is 8.01. The Morgan fingerprint density at radius 3 is 2.70 bits per heavy atom. The molecule has 0 radical (unpaired) electrons. The summed E-state index contributed by atoms with van der Waals surface area (Å²) in [5.41, 5.74) is 1.42. The Morgan fingerprint density at radius 2 is 2.04 bits per heavy atom. The van der Waals surface area contributed by atoms with E-state index >= 15 is 0 Å². The molecule has 0 saturated carbocycles. The van der Waals surface area contributed by atoms with E-state index in [0.29, 0.717) is 0 Å². The van der Waals surface area contributed by atoms with Crippen LogP contribution in [0.25, 0.3) is 16.4 Å². The smallest absolute Gasteiger partial charge is 0.123 e. The first kappa shape index (κ1) is 15.4. The molecule has 4 nitrogen and oxygen atoms in total. The van der Waals surface area contributed by atoms with Gasteiger partial charge in [-0.05, 0) is 38.1 Å². The van der Waals surface area contributed by atoms with Crippen LogP contribution in [0.1, 0.15) is 19.5 Å². The predicted molar refractivity (Wildman–Crippen MR) is 91.2 cm³/mol. The molecule has 1 aromatic carbocycles. The fourth-order valence-corrected chi connectivity index (χ4v) is 3.19. The highest BCUT2D eigenvalue weighted by Crippen LogP contribution is 2.29. The molecule has 1 N–H and O–H groups in total. The molecule has 3 rings (SSSR count). The zero-order valence-corrected chi connectivity index (χ0v) is 13.8. The average Bonchev–Trinajstić information content (AvgIpc) is 3.20. The molecule has 118 valence electrons. The number of rotatable bonds is 5. The number of aromatic nitrogens is 3. The van der Waals surface area contributed by atoms with Crippen molar-refractivity contribution in [1.82, 2.24) is 19.9 Å². The zero-order valence-electron chi connectivity index (χ0n) is 13.0. The minimum Gasteiger partial charge on any atom is -0.361 e. The van der Waals surface area contributed by atoms with Gasteiger partial charge in [0, 0.05) is 23.3 Å². The molecule has 0 atom stereocenters. The van der Waals surface area contributed by atoms with Gasteiger partial charge >= 0.3 is 0 Å². The molecule has 0 aliphatic heterocycles. The fourth-order valence-electron chi connectivity index (χ4n) is 2.19. The second kappa shape index (κ2) is 5.96. The minimum absolute atomic E-state index is 0.246. The molecule has 0 aliphatic carbocycles. The molecule has 2 aromatic heterocycles. The van der Waals surface area contributed by atoms with Gasteiger partial charge in [0.1, 0.15) is 23.0 Å². The number of benzene rings is 1. The topological polar surface area (TPSA) is 42.7 Å². The minimum atomic E-state index is -0.393. The maximum atomic E-state index is 13.0. The van der Waals surface area contributed by atoms with Crippen LogP contribution in [0.3, 0.4) is 0 Å². The lowest BCUT2D eigenvalue weighted by atomic mass is 10.0. The van der Waals surface area contributed by atoms with Crippen molar-refractivity contribution < 1.29 is 4.39 Å². The van der Waals surface area contributed by atoms with Crippen molar-refractivity contribution in [3.8, 4) is 10.6 Å². The first-order valence-electron chi connectivity index (χ1n) is 7.13. The van der Waals surface area contributed by atoms with Crippen LogP contribution in [-0.2, 0) is 5.54 Å². The monoisotopic (exact) mass is 328 g/mol. The van der Waals surface area contributed by atoms with Gasteiger partial charge in [-0.2, -0.15) is 0 Å². The molecule has 0 aliphatic rings. The Labute approximate surface area is 138 Å². The van der Waals surface area contributed by atoms with Gasteiger partial charge in [-0.1, -0.05) is 6.58 Å². The summed E-state index contributed by atoms with van der Waals surface area (Å²) in [4.78, 5) is 8.70. The molecule has 6 heteroatoms. The van der Waals surface area contributed by atoms with Crippen LogP contribution in [0.5, 0.6) is 0 Å². The summed E-state index contributed by atoms with van der Waals surface area (Å²) in [6, 6.07) is 6.37. The second-order valence-electron chi connectivity index (χ2n) is 5.71. The summed E-state index contributed by atoms with van der Waals surface area (Å²) >= 11 is 1.54. The predicted octanol–water partition coefficient (Wildman–Crippen LogP) is 4.10. The van der Waals surface area contributed by atoms with E-state index in [9.17, 15) is 4.39 Å². The van der Waals surface area contributed by atoms with Crippen LogP contribution in [0.4, 0.5) is 4.39 Å². The molecular weight excluding hydrogens is 311 g/mol. The summed E-state index contributed by atoms with van der Waals surface area (Å²) in [5, 5.41) is 6.23. The van der Waals surface area contributed by atoms with Gasteiger partial charge in [0.05, 0.1) is 11.2 Å². The summed E-state index contributed by atoms with van der Waals surface area (Å²) in [6.45, 7) is 8.11. The fraction of sp³-hybridized carbons (Fsp3) is 0.176. The summed E-state index contributed by atoms with van der Waals surface area (Å²) in [6.07, 6.45) is 5.22. The molecule has 0 bridgehead atoms. The standard InChI is InChI=1S/C17H17FN4S/c1-12(22-9-8-19-11-22)21-17(2,3)15-10-23-16(20-15)13-4-6-14(18)7-5-13/h4-11,21H,1H2,2-3H3. The van der Waals surface area contributed by atoms with Crippen molar-refractivity contribution in [1.29, 1.82) is 0 Å². The van der Waals surface area contributed by atoms with Crippen LogP contribution < -0.4 is 5.32 Å². The van der Waals surface area contributed by atoms with E-state index in [4.69, 9.17) is 0 Å². The summed E-state index contributed by atoms with van der Waals surface area (Å²) in [7, 11) is 0. The first-order chi connectivity index (χ1) is 11.0. The molecular formula is C17H17FN4S. The van der Waals surface area contributed by atoms with E-state index in [1.165, 1.54) is 23.5 Å². The van der Waals surface area contributed by atoms with Crippen molar-refractivity contribution in [2.75, 3.05) is 0 Å². The van der Waals surface area contributed by atoms with Gasteiger partial charge in [-0.25, -0.2) is 14.4 Å². The Hall–Kier alpha value is -2.47. The Balaban J connectivity index is 1.80. The van der Waals surface area contributed by atoms with E-state index < -0.39 is 5.54 Å². The summed E-state index contributed by atoms with van der Waals surface area (Å²) < 4.78 is 14.8. The second-order valence-corrected chi connectivity index (χ2v) is 6.57. The molecule has 0 saturated heterocycles. The van der Waals surface area contributed by atoms with Gasteiger partial charge in [0.2, 0.25) is 0 Å². The van der Waals surface area contributed by atoms with Crippen LogP contribution >= 0.6 is 11.3 Å². The van der Waals surface area contributed by atoms with Crippen LogP contribution in [0.15, 0.2) is 54.9 Å². The van der Waals surface area contributed by atoms with Gasteiger partial charge in [-0.15, -0.1) is 11.3 Å². The highest BCUT2D eigenvalue weighted by atomic mass is 32.1. The number of imidazole rings is 1. The van der Waals surface area contributed by atoms with Crippen molar-refractivity contribution >= 4 is 17.2 Å². The molecule has 3 aromatic rings. The average molecular weight is 328 g/mol. The quantitative estimate of drug-likeness (QED) is 0.767. The Bertz CT molecular complexity index is 804. The van der Waals surface area contributed by atoms with Crippen molar-refractivity contribution in [2.24, 2.45) is 0 Å². The van der Waals surface area contributed by atoms with Gasteiger partial charge in [0.15, 0.2) is 0 Å². The molecule has 23 heavy (non-hydrogen) atoms. The third-order valence-electron chi connectivity index (χ3n) is 3.51. The maximum Gasteiger partial charge on any atom is 0.123 e. The van der Waals surface area contributed by atoms with Gasteiger partial charge < -0.3 is 5.32 Å². The Morgan fingerprint density at radius 1 is 1.30 bits per heavy atom. The van der Waals surface area contributed by atoms with E-state index in [1.807, 2.05) is 30.0 Å². The van der Waals surface area contributed by atoms with Crippen molar-refractivity contribution in [3.05, 3.63) is 66.5 Å². The SMILES string of the molecule is C=C(NC(C)(C)c1csc(-c2ccc(F)cc2)n1)n1ccnc1. The van der Waals surface area contributed by atoms with E-state index in [0.717, 1.165) is 22.1 Å². The molecule has 0 amide bonds. The largest absolute Gasteiger partial charge is 0.361 e. The normalized spacial score (nSPS) is 11.4. The highest BCUT2D eigenvalue weighted by molar-refractivity contribution is 7.13. The van der Waals surface area contributed by atoms with Crippen LogP contribution in [0.2, 0.25) is 0 Å². The Kier molecular flexibility index (Phi) is 4.00. The molecule has 0 spiro atoms. The molecule has 2 heterocycles. The lowest BCUT2D eigenvalue weighted by Crippen LogP contribution is -2.36. The van der Waals surface area contributed by atoms with E-state index in [-0.39, 0.29) is 5.82 Å². The zero-order chi connectivity index (χ0) is 16.4. The van der Waals surface area contributed by atoms with E-state index in [1.54, 1.807) is 24.7 Å².